The quantitative estimate of drug-likeness (QED) is 0.598. The van der Waals surface area contributed by atoms with Crippen LogP contribution in [-0.2, 0) is 14.3 Å². The van der Waals surface area contributed by atoms with Crippen LogP contribution in [0.1, 0.15) is 27.2 Å². The van der Waals surface area contributed by atoms with Crippen molar-refractivity contribution >= 4 is 5.91 Å². The maximum atomic E-state index is 11.1. The summed E-state index contributed by atoms with van der Waals surface area (Å²) in [7, 11) is 0. The van der Waals surface area contributed by atoms with Gasteiger partial charge < -0.3 is 14.8 Å². The summed E-state index contributed by atoms with van der Waals surface area (Å²) < 4.78 is 10.3. The molecule has 4 nitrogen and oxygen atoms in total. The first-order chi connectivity index (χ1) is 6.66. The molecule has 0 aliphatic rings. The van der Waals surface area contributed by atoms with Crippen molar-refractivity contribution in [3.63, 3.8) is 0 Å². The molecule has 0 saturated heterocycles. The van der Waals surface area contributed by atoms with Gasteiger partial charge in [0.2, 0.25) is 5.91 Å². The lowest BCUT2D eigenvalue weighted by molar-refractivity contribution is -0.127. The van der Waals surface area contributed by atoms with Crippen LogP contribution in [0.5, 0.6) is 0 Å². The smallest absolute Gasteiger partial charge is 0.246 e. The van der Waals surface area contributed by atoms with Gasteiger partial charge in [0.25, 0.3) is 0 Å². The van der Waals surface area contributed by atoms with Gasteiger partial charge in [0.1, 0.15) is 6.61 Å². The van der Waals surface area contributed by atoms with Gasteiger partial charge in [-0.05, 0) is 20.3 Å². The Morgan fingerprint density at radius 3 is 2.64 bits per heavy atom. The highest BCUT2D eigenvalue weighted by atomic mass is 16.5. The Labute approximate surface area is 86.0 Å². The molecule has 0 aliphatic carbocycles. The van der Waals surface area contributed by atoms with Crippen LogP contribution in [-0.4, -0.2) is 38.4 Å². The third-order valence-electron chi connectivity index (χ3n) is 1.46. The molecule has 0 aromatic carbocycles. The fourth-order valence-electron chi connectivity index (χ4n) is 0.802. The van der Waals surface area contributed by atoms with E-state index in [-0.39, 0.29) is 18.6 Å². The second kappa shape index (κ2) is 8.97. The molecule has 1 amide bonds. The molecular weight excluding hydrogens is 182 g/mol. The van der Waals surface area contributed by atoms with E-state index in [0.29, 0.717) is 13.2 Å². The number of hydrogen-bond acceptors (Lipinski definition) is 3. The van der Waals surface area contributed by atoms with Crippen molar-refractivity contribution < 1.29 is 14.3 Å². The fourth-order valence-corrected chi connectivity index (χ4v) is 0.802. The standard InChI is InChI=1S/C10H21NO3/c1-4-6-13-7-5-11-10(12)8-14-9(2)3/h9H,4-8H2,1-3H3,(H,11,12). The van der Waals surface area contributed by atoms with Crippen LogP contribution in [0.25, 0.3) is 0 Å². The van der Waals surface area contributed by atoms with Crippen LogP contribution in [0.15, 0.2) is 0 Å². The Morgan fingerprint density at radius 2 is 2.07 bits per heavy atom. The molecule has 4 heteroatoms. The minimum absolute atomic E-state index is 0.0844. The van der Waals surface area contributed by atoms with Gasteiger partial charge in [-0.2, -0.15) is 0 Å². The average molecular weight is 203 g/mol. The van der Waals surface area contributed by atoms with Crippen LogP contribution in [0, 0.1) is 0 Å². The molecule has 0 atom stereocenters. The van der Waals surface area contributed by atoms with Gasteiger partial charge in [0.15, 0.2) is 0 Å². The summed E-state index contributed by atoms with van der Waals surface area (Å²) in [6.07, 6.45) is 1.10. The summed E-state index contributed by atoms with van der Waals surface area (Å²) >= 11 is 0. The van der Waals surface area contributed by atoms with Crippen molar-refractivity contribution in [3.8, 4) is 0 Å². The number of amides is 1. The molecule has 84 valence electrons. The van der Waals surface area contributed by atoms with Crippen LogP contribution in [0.3, 0.4) is 0 Å². The third kappa shape index (κ3) is 9.48. The van der Waals surface area contributed by atoms with Crippen LogP contribution >= 0.6 is 0 Å². The summed E-state index contributed by atoms with van der Waals surface area (Å²) in [6.45, 7) is 7.86. The van der Waals surface area contributed by atoms with Gasteiger partial charge in [-0.15, -0.1) is 0 Å². The Hall–Kier alpha value is -0.610. The van der Waals surface area contributed by atoms with E-state index in [2.05, 4.69) is 12.2 Å². The highest BCUT2D eigenvalue weighted by molar-refractivity contribution is 5.77. The Balaban J connectivity index is 3.18. The minimum Gasteiger partial charge on any atom is -0.380 e. The first kappa shape index (κ1) is 13.4. The molecular formula is C10H21NO3. The normalized spacial score (nSPS) is 10.6. The minimum atomic E-state index is -0.0844. The highest BCUT2D eigenvalue weighted by Gasteiger charge is 2.01. The second-order valence-corrected chi connectivity index (χ2v) is 3.32. The number of rotatable bonds is 8. The van der Waals surface area contributed by atoms with E-state index in [4.69, 9.17) is 9.47 Å². The Kier molecular flexibility index (Phi) is 8.57. The Bertz CT molecular complexity index is 148. The summed E-state index contributed by atoms with van der Waals surface area (Å²) in [5, 5.41) is 2.71. The molecule has 0 rings (SSSR count). The molecule has 14 heavy (non-hydrogen) atoms. The van der Waals surface area contributed by atoms with E-state index in [9.17, 15) is 4.79 Å². The lowest BCUT2D eigenvalue weighted by Crippen LogP contribution is -2.31. The number of hydrogen-bond donors (Lipinski definition) is 1. The monoisotopic (exact) mass is 203 g/mol. The molecule has 1 N–H and O–H groups in total. The topological polar surface area (TPSA) is 47.6 Å². The van der Waals surface area contributed by atoms with E-state index in [1.54, 1.807) is 0 Å². The summed E-state index contributed by atoms with van der Waals surface area (Å²) in [5.74, 6) is -0.0844. The van der Waals surface area contributed by atoms with Crippen molar-refractivity contribution in [2.75, 3.05) is 26.4 Å². The summed E-state index contributed by atoms with van der Waals surface area (Å²) in [4.78, 5) is 11.1. The first-order valence-corrected chi connectivity index (χ1v) is 5.12. The maximum absolute atomic E-state index is 11.1. The van der Waals surface area contributed by atoms with Crippen LogP contribution in [0.4, 0.5) is 0 Å². The van der Waals surface area contributed by atoms with Gasteiger partial charge in [-0.3, -0.25) is 4.79 Å². The molecule has 0 radical (unpaired) electrons. The number of nitrogens with one attached hydrogen (secondary N) is 1. The van der Waals surface area contributed by atoms with Gasteiger partial charge in [-0.25, -0.2) is 0 Å². The molecule has 0 aromatic heterocycles. The zero-order chi connectivity index (χ0) is 10.8. The van der Waals surface area contributed by atoms with E-state index in [0.717, 1.165) is 13.0 Å². The zero-order valence-electron chi connectivity index (χ0n) is 9.34. The molecule has 0 fully saturated rings. The first-order valence-electron chi connectivity index (χ1n) is 5.12. The van der Waals surface area contributed by atoms with Gasteiger partial charge >= 0.3 is 0 Å². The molecule has 0 heterocycles. The molecule has 0 unspecified atom stereocenters. The SMILES string of the molecule is CCCOCCNC(=O)COC(C)C. The predicted octanol–water partition coefficient (Wildman–Crippen LogP) is 0.954. The number of carbonyl (C=O) groups excluding carboxylic acids is 1. The van der Waals surface area contributed by atoms with Crippen molar-refractivity contribution in [1.82, 2.24) is 5.32 Å². The molecule has 0 spiro atoms. The summed E-state index contributed by atoms with van der Waals surface area (Å²) in [5.41, 5.74) is 0. The molecule has 0 saturated carbocycles. The lowest BCUT2D eigenvalue weighted by Gasteiger charge is -2.08. The van der Waals surface area contributed by atoms with Gasteiger partial charge in [0, 0.05) is 13.2 Å². The maximum Gasteiger partial charge on any atom is 0.246 e. The van der Waals surface area contributed by atoms with Crippen molar-refractivity contribution in [1.29, 1.82) is 0 Å². The molecule has 0 aromatic rings. The van der Waals surface area contributed by atoms with E-state index < -0.39 is 0 Å². The number of carbonyl (C=O) groups is 1. The predicted molar refractivity (Wildman–Crippen MR) is 55.2 cm³/mol. The average Bonchev–Trinajstić information content (AvgIpc) is 2.14. The van der Waals surface area contributed by atoms with Crippen molar-refractivity contribution in [3.05, 3.63) is 0 Å². The van der Waals surface area contributed by atoms with Crippen molar-refractivity contribution in [2.45, 2.75) is 33.3 Å². The molecule has 0 aliphatic heterocycles. The summed E-state index contributed by atoms with van der Waals surface area (Å²) in [6, 6.07) is 0. The lowest BCUT2D eigenvalue weighted by atomic mass is 10.5. The third-order valence-corrected chi connectivity index (χ3v) is 1.46. The van der Waals surface area contributed by atoms with Crippen molar-refractivity contribution in [2.24, 2.45) is 0 Å². The van der Waals surface area contributed by atoms with E-state index >= 15 is 0 Å². The number of ether oxygens (including phenoxy) is 2. The van der Waals surface area contributed by atoms with E-state index in [1.807, 2.05) is 13.8 Å². The second-order valence-electron chi connectivity index (χ2n) is 3.32. The van der Waals surface area contributed by atoms with Gasteiger partial charge in [0.05, 0.1) is 12.7 Å². The zero-order valence-corrected chi connectivity index (χ0v) is 9.34. The largest absolute Gasteiger partial charge is 0.380 e. The fraction of sp³-hybridized carbons (Fsp3) is 0.900. The van der Waals surface area contributed by atoms with Crippen LogP contribution < -0.4 is 5.32 Å². The van der Waals surface area contributed by atoms with Gasteiger partial charge in [-0.1, -0.05) is 6.92 Å². The Morgan fingerprint density at radius 1 is 1.36 bits per heavy atom. The van der Waals surface area contributed by atoms with Crippen LogP contribution in [0.2, 0.25) is 0 Å². The molecule has 0 bridgehead atoms. The van der Waals surface area contributed by atoms with E-state index in [1.165, 1.54) is 0 Å². The highest BCUT2D eigenvalue weighted by Crippen LogP contribution is 1.86.